The highest BCUT2D eigenvalue weighted by Gasteiger charge is 2.16. The van der Waals surface area contributed by atoms with E-state index in [9.17, 15) is 0 Å². The molecule has 0 radical (unpaired) electrons. The average molecular weight is 232 g/mol. The Balaban J connectivity index is 2.09. The molecule has 0 fully saturated rings. The van der Waals surface area contributed by atoms with Gasteiger partial charge in [0.15, 0.2) is 0 Å². The lowest BCUT2D eigenvalue weighted by Crippen LogP contribution is -2.46. The maximum Gasteiger partial charge on any atom is 0.134 e. The van der Waals surface area contributed by atoms with E-state index in [4.69, 9.17) is 4.42 Å². The molecule has 1 aromatic carbocycles. The molecule has 0 atom stereocenters. The van der Waals surface area contributed by atoms with Crippen LogP contribution in [0.4, 0.5) is 0 Å². The molecule has 0 spiro atoms. The van der Waals surface area contributed by atoms with Crippen molar-refractivity contribution in [1.29, 1.82) is 0 Å². The summed E-state index contributed by atoms with van der Waals surface area (Å²) in [6.07, 6.45) is 1.84. The van der Waals surface area contributed by atoms with Gasteiger partial charge in [-0.2, -0.15) is 0 Å². The molecule has 3 nitrogen and oxygen atoms in total. The van der Waals surface area contributed by atoms with Crippen LogP contribution in [-0.4, -0.2) is 19.1 Å². The van der Waals surface area contributed by atoms with Gasteiger partial charge in [0.25, 0.3) is 0 Å². The molecule has 2 N–H and O–H groups in total. The van der Waals surface area contributed by atoms with E-state index in [-0.39, 0.29) is 5.54 Å². The number of para-hydroxylation sites is 1. The molecule has 3 heteroatoms. The molecule has 0 saturated heterocycles. The molecule has 92 valence electrons. The van der Waals surface area contributed by atoms with Crippen molar-refractivity contribution in [1.82, 2.24) is 10.6 Å². The van der Waals surface area contributed by atoms with Crippen LogP contribution in [0.25, 0.3) is 11.0 Å². The van der Waals surface area contributed by atoms with E-state index in [2.05, 4.69) is 30.5 Å². The molecule has 2 aromatic rings. The van der Waals surface area contributed by atoms with Crippen molar-refractivity contribution < 1.29 is 4.42 Å². The van der Waals surface area contributed by atoms with Gasteiger partial charge in [-0.05, 0) is 27.0 Å². The number of nitrogens with one attached hydrogen (secondary N) is 2. The van der Waals surface area contributed by atoms with Crippen molar-refractivity contribution in [3.8, 4) is 0 Å². The molecule has 0 amide bonds. The maximum absolute atomic E-state index is 5.52. The smallest absolute Gasteiger partial charge is 0.134 e. The second kappa shape index (κ2) is 4.90. The zero-order valence-corrected chi connectivity index (χ0v) is 10.7. The van der Waals surface area contributed by atoms with Crippen molar-refractivity contribution in [2.75, 3.05) is 13.6 Å². The van der Waals surface area contributed by atoms with Crippen LogP contribution in [-0.2, 0) is 6.54 Å². The van der Waals surface area contributed by atoms with Gasteiger partial charge in [0, 0.05) is 29.6 Å². The van der Waals surface area contributed by atoms with Gasteiger partial charge in [-0.25, -0.2) is 0 Å². The van der Waals surface area contributed by atoms with Gasteiger partial charge in [-0.15, -0.1) is 0 Å². The van der Waals surface area contributed by atoms with Gasteiger partial charge in [-0.1, -0.05) is 18.2 Å². The molecule has 1 aromatic heterocycles. The number of hydrogen-bond acceptors (Lipinski definition) is 3. The summed E-state index contributed by atoms with van der Waals surface area (Å²) in [6, 6.07) is 8.13. The first-order valence-electron chi connectivity index (χ1n) is 5.97. The molecular weight excluding hydrogens is 212 g/mol. The van der Waals surface area contributed by atoms with Gasteiger partial charge in [0.1, 0.15) is 5.58 Å². The fourth-order valence-electron chi connectivity index (χ4n) is 2.01. The van der Waals surface area contributed by atoms with Gasteiger partial charge in [0.05, 0.1) is 6.26 Å². The minimum absolute atomic E-state index is 0.0765. The third kappa shape index (κ3) is 2.87. The van der Waals surface area contributed by atoms with Crippen molar-refractivity contribution in [3.63, 3.8) is 0 Å². The van der Waals surface area contributed by atoms with Gasteiger partial charge in [-0.3, -0.25) is 0 Å². The van der Waals surface area contributed by atoms with Crippen LogP contribution in [0.2, 0.25) is 0 Å². The van der Waals surface area contributed by atoms with Crippen LogP contribution in [0.15, 0.2) is 34.9 Å². The van der Waals surface area contributed by atoms with E-state index in [0.29, 0.717) is 0 Å². The predicted octanol–water partition coefficient (Wildman–Crippen LogP) is 2.52. The minimum atomic E-state index is 0.0765. The Hall–Kier alpha value is -1.32. The Morgan fingerprint density at radius 2 is 2.00 bits per heavy atom. The summed E-state index contributed by atoms with van der Waals surface area (Å²) in [5.41, 5.74) is 2.24. The minimum Gasteiger partial charge on any atom is -0.464 e. The van der Waals surface area contributed by atoms with Crippen LogP contribution in [0.1, 0.15) is 19.4 Å². The Bertz CT molecular complexity index is 488. The Morgan fingerprint density at radius 1 is 1.24 bits per heavy atom. The molecule has 17 heavy (non-hydrogen) atoms. The Morgan fingerprint density at radius 3 is 2.76 bits per heavy atom. The van der Waals surface area contributed by atoms with Crippen LogP contribution < -0.4 is 10.6 Å². The highest BCUT2D eigenvalue weighted by molar-refractivity contribution is 5.80. The number of hydrogen-bond donors (Lipinski definition) is 2. The standard InChI is InChI=1S/C14H20N2O/c1-14(2,10-15-3)16-8-11-9-17-13-7-5-4-6-12(11)13/h4-7,9,15-16H,8,10H2,1-3H3. The number of rotatable bonds is 5. The molecule has 2 rings (SSSR count). The highest BCUT2D eigenvalue weighted by atomic mass is 16.3. The zero-order valence-electron chi connectivity index (χ0n) is 10.7. The molecule has 0 aliphatic carbocycles. The molecule has 0 saturated carbocycles. The summed E-state index contributed by atoms with van der Waals surface area (Å²) in [7, 11) is 1.97. The summed E-state index contributed by atoms with van der Waals surface area (Å²) in [6.45, 7) is 6.13. The van der Waals surface area contributed by atoms with E-state index in [1.54, 1.807) is 0 Å². The van der Waals surface area contributed by atoms with Crippen molar-refractivity contribution >= 4 is 11.0 Å². The first-order chi connectivity index (χ1) is 8.12. The van der Waals surface area contributed by atoms with E-state index >= 15 is 0 Å². The van der Waals surface area contributed by atoms with Crippen molar-refractivity contribution in [2.24, 2.45) is 0 Å². The second-order valence-corrected chi connectivity index (χ2v) is 5.02. The van der Waals surface area contributed by atoms with Gasteiger partial charge in [0.2, 0.25) is 0 Å². The maximum atomic E-state index is 5.52. The zero-order chi connectivity index (χ0) is 12.3. The molecule has 0 aliphatic heterocycles. The summed E-state index contributed by atoms with van der Waals surface area (Å²) < 4.78 is 5.52. The Kier molecular flexibility index (Phi) is 3.50. The third-order valence-corrected chi connectivity index (χ3v) is 2.94. The fraction of sp³-hybridized carbons (Fsp3) is 0.429. The quantitative estimate of drug-likeness (QED) is 0.831. The normalized spacial score (nSPS) is 12.2. The lowest BCUT2D eigenvalue weighted by Gasteiger charge is -2.25. The number of likely N-dealkylation sites (N-methyl/N-ethyl adjacent to an activating group) is 1. The van der Waals surface area contributed by atoms with E-state index in [1.165, 1.54) is 10.9 Å². The van der Waals surface area contributed by atoms with Crippen LogP contribution in [0.3, 0.4) is 0 Å². The SMILES string of the molecule is CNCC(C)(C)NCc1coc2ccccc12. The fourth-order valence-corrected chi connectivity index (χ4v) is 2.01. The van der Waals surface area contributed by atoms with Crippen molar-refractivity contribution in [3.05, 3.63) is 36.1 Å². The van der Waals surface area contributed by atoms with Crippen LogP contribution in [0, 0.1) is 0 Å². The largest absolute Gasteiger partial charge is 0.464 e. The summed E-state index contributed by atoms with van der Waals surface area (Å²) in [4.78, 5) is 0. The molecule has 0 aliphatic rings. The lowest BCUT2D eigenvalue weighted by atomic mass is 10.0. The second-order valence-electron chi connectivity index (χ2n) is 5.02. The summed E-state index contributed by atoms with van der Waals surface area (Å²) >= 11 is 0. The lowest BCUT2D eigenvalue weighted by molar-refractivity contribution is 0.373. The van der Waals surface area contributed by atoms with Crippen LogP contribution >= 0.6 is 0 Å². The monoisotopic (exact) mass is 232 g/mol. The van der Waals surface area contributed by atoms with E-state index in [0.717, 1.165) is 18.7 Å². The Labute approximate surface area is 102 Å². The molecular formula is C14H20N2O. The number of furan rings is 1. The number of benzene rings is 1. The third-order valence-electron chi connectivity index (χ3n) is 2.94. The average Bonchev–Trinajstić information content (AvgIpc) is 2.70. The first-order valence-corrected chi connectivity index (χ1v) is 5.97. The molecule has 1 heterocycles. The topological polar surface area (TPSA) is 37.2 Å². The number of fused-ring (bicyclic) bond motifs is 1. The summed E-state index contributed by atoms with van der Waals surface area (Å²) in [5, 5.41) is 7.92. The van der Waals surface area contributed by atoms with Gasteiger partial charge < -0.3 is 15.1 Å². The molecule has 0 unspecified atom stereocenters. The van der Waals surface area contributed by atoms with E-state index < -0.39 is 0 Å². The summed E-state index contributed by atoms with van der Waals surface area (Å²) in [5.74, 6) is 0. The first kappa shape index (κ1) is 12.1. The van der Waals surface area contributed by atoms with Crippen molar-refractivity contribution in [2.45, 2.75) is 25.9 Å². The van der Waals surface area contributed by atoms with Gasteiger partial charge >= 0.3 is 0 Å². The van der Waals surface area contributed by atoms with Crippen LogP contribution in [0.5, 0.6) is 0 Å². The highest BCUT2D eigenvalue weighted by Crippen LogP contribution is 2.20. The molecule has 0 bridgehead atoms. The van der Waals surface area contributed by atoms with E-state index in [1.807, 2.05) is 31.5 Å². The predicted molar refractivity (Wildman–Crippen MR) is 71.1 cm³/mol.